The number of nitro groups is 1. The Bertz CT molecular complexity index is 2260. The predicted octanol–water partition coefficient (Wildman–Crippen LogP) is 6.59. The van der Waals surface area contributed by atoms with Crippen molar-refractivity contribution < 1.29 is 19.1 Å². The van der Waals surface area contributed by atoms with Crippen LogP contribution in [0.25, 0.3) is 11.8 Å². The van der Waals surface area contributed by atoms with Gasteiger partial charge in [-0.1, -0.05) is 41.7 Å². The summed E-state index contributed by atoms with van der Waals surface area (Å²) in [5, 5.41) is 10.9. The van der Waals surface area contributed by atoms with E-state index in [1.54, 1.807) is 30.9 Å². The van der Waals surface area contributed by atoms with Crippen molar-refractivity contribution in [2.75, 3.05) is 14.2 Å². The molecule has 4 aromatic carbocycles. The van der Waals surface area contributed by atoms with Gasteiger partial charge in [0.05, 0.1) is 39.9 Å². The van der Waals surface area contributed by atoms with E-state index in [2.05, 4.69) is 28.1 Å². The Morgan fingerprint density at radius 2 is 1.79 bits per heavy atom. The molecule has 1 atom stereocenters. The Labute approximate surface area is 282 Å². The molecule has 0 N–H and O–H groups in total. The fourth-order valence-electron chi connectivity index (χ4n) is 6.10. The summed E-state index contributed by atoms with van der Waals surface area (Å²) in [5.41, 5.74) is 6.68. The Morgan fingerprint density at radius 3 is 2.53 bits per heavy atom. The number of hydrogen-bond acceptors (Lipinski definition) is 8. The molecule has 0 fully saturated rings. The monoisotopic (exact) mass is 709 g/mol. The van der Waals surface area contributed by atoms with Gasteiger partial charge in [0, 0.05) is 23.3 Å². The highest BCUT2D eigenvalue weighted by molar-refractivity contribution is 9.10. The van der Waals surface area contributed by atoms with Gasteiger partial charge in [-0.15, -0.1) is 0 Å². The van der Waals surface area contributed by atoms with Gasteiger partial charge in [-0.25, -0.2) is 4.99 Å². The van der Waals surface area contributed by atoms with Gasteiger partial charge in [0.25, 0.3) is 11.2 Å². The van der Waals surface area contributed by atoms with Crippen molar-refractivity contribution in [3.63, 3.8) is 0 Å². The number of benzene rings is 4. The molecule has 2 heterocycles. The highest BCUT2D eigenvalue weighted by Gasteiger charge is 2.34. The zero-order valence-corrected chi connectivity index (χ0v) is 27.8. The second kappa shape index (κ2) is 12.7. The molecule has 1 aromatic heterocycles. The van der Waals surface area contributed by atoms with E-state index < -0.39 is 11.0 Å². The molecule has 1 aliphatic carbocycles. The van der Waals surface area contributed by atoms with E-state index in [4.69, 9.17) is 19.2 Å². The maximum Gasteiger partial charge on any atom is 0.271 e. The summed E-state index contributed by atoms with van der Waals surface area (Å²) in [6, 6.07) is 25.5. The number of allylic oxidation sites excluding steroid dienone is 1. The van der Waals surface area contributed by atoms with Crippen LogP contribution in [0.3, 0.4) is 0 Å². The topological polar surface area (TPSA) is 105 Å². The molecule has 0 unspecified atom stereocenters. The highest BCUT2D eigenvalue weighted by Crippen LogP contribution is 2.44. The summed E-state index contributed by atoms with van der Waals surface area (Å²) in [7, 11) is 3.26. The lowest BCUT2D eigenvalue weighted by atomic mass is 9.83. The van der Waals surface area contributed by atoms with E-state index in [9.17, 15) is 14.9 Å². The molecule has 0 amide bonds. The minimum absolute atomic E-state index is 0.0310. The Hall–Kier alpha value is -5.00. The normalized spacial score (nSPS) is 15.3. The van der Waals surface area contributed by atoms with Crippen molar-refractivity contribution in [1.29, 1.82) is 0 Å². The highest BCUT2D eigenvalue weighted by atomic mass is 79.9. The quantitative estimate of drug-likeness (QED) is 0.133. The third kappa shape index (κ3) is 5.77. The molecular formula is C36H28BrN3O6S. The lowest BCUT2D eigenvalue weighted by Gasteiger charge is -2.31. The molecular weight excluding hydrogens is 682 g/mol. The van der Waals surface area contributed by atoms with E-state index in [-0.39, 0.29) is 17.9 Å². The number of fused-ring (bicyclic) bond motifs is 3. The number of aromatic nitrogens is 1. The molecule has 2 aliphatic rings. The Morgan fingerprint density at radius 1 is 1.00 bits per heavy atom. The number of rotatable bonds is 8. The van der Waals surface area contributed by atoms with Crippen molar-refractivity contribution in [1.82, 2.24) is 4.57 Å². The summed E-state index contributed by atoms with van der Waals surface area (Å²) in [4.78, 5) is 30.5. The van der Waals surface area contributed by atoms with Gasteiger partial charge in [0.15, 0.2) is 4.80 Å². The van der Waals surface area contributed by atoms with Crippen LogP contribution in [0, 0.1) is 10.1 Å². The number of hydrogen-bond donors (Lipinski definition) is 0. The first-order valence-corrected chi connectivity index (χ1v) is 16.5. The first kappa shape index (κ1) is 30.6. The van der Waals surface area contributed by atoms with Crippen LogP contribution in [0.15, 0.2) is 105 Å². The zero-order chi connectivity index (χ0) is 32.7. The second-order valence-electron chi connectivity index (χ2n) is 11.1. The maximum atomic E-state index is 14.3. The van der Waals surface area contributed by atoms with Crippen LogP contribution in [0.1, 0.15) is 40.3 Å². The Kier molecular flexibility index (Phi) is 8.25. The van der Waals surface area contributed by atoms with Crippen molar-refractivity contribution in [2.24, 2.45) is 4.99 Å². The molecule has 0 saturated heterocycles. The van der Waals surface area contributed by atoms with Gasteiger partial charge >= 0.3 is 0 Å². The largest absolute Gasteiger partial charge is 0.497 e. The molecule has 7 rings (SSSR count). The fourth-order valence-corrected chi connectivity index (χ4v) is 7.61. The number of nitrogens with zero attached hydrogens (tertiary/aromatic N) is 3. The molecule has 0 spiro atoms. The SMILES string of the molecule is COc1ccc(OC)c([C@@H]2C3=C(N=c4sc(=Cc5ccc(OCc6ccc([N+](=O)[O-])cc6)c(Br)c5)c(=O)n42)c2ccccc2CC3)c1. The molecule has 0 radical (unpaired) electrons. The smallest absolute Gasteiger partial charge is 0.271 e. The van der Waals surface area contributed by atoms with Crippen LogP contribution in [0.2, 0.25) is 0 Å². The number of methoxy groups -OCH3 is 2. The predicted molar refractivity (Wildman–Crippen MR) is 184 cm³/mol. The first-order chi connectivity index (χ1) is 22.8. The summed E-state index contributed by atoms with van der Waals surface area (Å²) in [5.74, 6) is 1.96. The number of nitro benzene ring substituents is 1. The minimum atomic E-state index is -0.431. The van der Waals surface area contributed by atoms with Gasteiger partial charge in [-0.3, -0.25) is 19.5 Å². The number of ether oxygens (including phenoxy) is 3. The summed E-state index contributed by atoms with van der Waals surface area (Å²) < 4.78 is 20.4. The zero-order valence-electron chi connectivity index (χ0n) is 25.4. The van der Waals surface area contributed by atoms with E-state index >= 15 is 0 Å². The lowest BCUT2D eigenvalue weighted by molar-refractivity contribution is -0.384. The number of halogens is 1. The van der Waals surface area contributed by atoms with Crippen molar-refractivity contribution in [3.05, 3.63) is 153 Å². The Balaban J connectivity index is 1.29. The van der Waals surface area contributed by atoms with Crippen LogP contribution in [0.5, 0.6) is 17.2 Å². The third-order valence-corrected chi connectivity index (χ3v) is 10.0. The summed E-state index contributed by atoms with van der Waals surface area (Å²) in [6.07, 6.45) is 3.48. The lowest BCUT2D eigenvalue weighted by Crippen LogP contribution is -2.39. The molecule has 9 nitrogen and oxygen atoms in total. The van der Waals surface area contributed by atoms with E-state index in [0.29, 0.717) is 31.1 Å². The van der Waals surface area contributed by atoms with Crippen LogP contribution >= 0.6 is 27.3 Å². The van der Waals surface area contributed by atoms with E-state index in [1.807, 2.05) is 54.6 Å². The fraction of sp³-hybridized carbons (Fsp3) is 0.167. The molecule has 236 valence electrons. The molecule has 0 bridgehead atoms. The second-order valence-corrected chi connectivity index (χ2v) is 13.0. The van der Waals surface area contributed by atoms with Crippen molar-refractivity contribution in [3.8, 4) is 17.2 Å². The van der Waals surface area contributed by atoms with Gasteiger partial charge in [0.1, 0.15) is 23.9 Å². The van der Waals surface area contributed by atoms with Gasteiger partial charge in [-0.05, 0) is 99.6 Å². The summed E-state index contributed by atoms with van der Waals surface area (Å²) >= 11 is 4.96. The van der Waals surface area contributed by atoms with E-state index in [1.165, 1.54) is 29.0 Å². The average Bonchev–Trinajstić information content (AvgIpc) is 3.40. The third-order valence-electron chi connectivity index (χ3n) is 8.40. The molecule has 0 saturated carbocycles. The maximum absolute atomic E-state index is 14.3. The summed E-state index contributed by atoms with van der Waals surface area (Å²) in [6.45, 7) is 0.246. The molecule has 5 aromatic rings. The van der Waals surface area contributed by atoms with Crippen LogP contribution in [0.4, 0.5) is 5.69 Å². The average molecular weight is 711 g/mol. The first-order valence-electron chi connectivity index (χ1n) is 14.9. The van der Waals surface area contributed by atoms with Gasteiger partial charge in [0.2, 0.25) is 0 Å². The standard InChI is InChI=1S/C36H28BrN3O6S/c1-44-25-13-16-30(45-2)28(19-25)34-27-14-10-23-5-3-4-6-26(23)33(27)38-36-39(34)35(41)32(47-36)18-22-9-15-31(29(37)17-22)46-20-21-7-11-24(12-8-21)40(42)43/h3-9,11-13,15-19,34H,10,14,20H2,1-2H3/t34-/m0/s1. The van der Waals surface area contributed by atoms with Gasteiger partial charge in [-0.2, -0.15) is 0 Å². The van der Waals surface area contributed by atoms with E-state index in [0.717, 1.165) is 46.4 Å². The molecule has 11 heteroatoms. The minimum Gasteiger partial charge on any atom is -0.497 e. The van der Waals surface area contributed by atoms with Crippen LogP contribution < -0.4 is 29.1 Å². The van der Waals surface area contributed by atoms with Crippen LogP contribution in [-0.4, -0.2) is 23.7 Å². The number of non-ortho nitro benzene ring substituents is 1. The molecule has 47 heavy (non-hydrogen) atoms. The van der Waals surface area contributed by atoms with Crippen LogP contribution in [-0.2, 0) is 13.0 Å². The number of aryl methyl sites for hydroxylation is 1. The van der Waals surface area contributed by atoms with Crippen molar-refractivity contribution in [2.45, 2.75) is 25.5 Å². The molecule has 1 aliphatic heterocycles. The van der Waals surface area contributed by atoms with Gasteiger partial charge < -0.3 is 14.2 Å². The van der Waals surface area contributed by atoms with Crippen molar-refractivity contribution >= 4 is 44.7 Å². The number of thiazole rings is 1.